The van der Waals surface area contributed by atoms with Crippen LogP contribution < -0.4 is 10.3 Å². The Bertz CT molecular complexity index is 353. The van der Waals surface area contributed by atoms with Crippen LogP contribution in [-0.2, 0) is 4.74 Å². The molecule has 5 nitrogen and oxygen atoms in total. The maximum absolute atomic E-state index is 11.0. The van der Waals surface area contributed by atoms with Crippen LogP contribution in [0.3, 0.4) is 0 Å². The minimum atomic E-state index is -0.406. The molecular formula is C9H13ClN2O3. The summed E-state index contributed by atoms with van der Waals surface area (Å²) in [7, 11) is 0. The van der Waals surface area contributed by atoms with Crippen molar-refractivity contribution in [3.8, 4) is 5.88 Å². The molecule has 1 heterocycles. The van der Waals surface area contributed by atoms with Crippen LogP contribution in [0.4, 0.5) is 0 Å². The smallest absolute Gasteiger partial charge is 0.273 e. The number of nitrogens with one attached hydrogen (secondary N) is 1. The normalized spacial score (nSPS) is 10.3. The van der Waals surface area contributed by atoms with Gasteiger partial charge in [0.05, 0.1) is 12.9 Å². The number of hydrogen-bond donors (Lipinski definition) is 1. The molecule has 1 aromatic heterocycles. The van der Waals surface area contributed by atoms with Crippen molar-refractivity contribution < 1.29 is 9.47 Å². The third-order valence-corrected chi connectivity index (χ3v) is 1.91. The van der Waals surface area contributed by atoms with Gasteiger partial charge in [0.25, 0.3) is 5.56 Å². The topological polar surface area (TPSA) is 64.2 Å². The van der Waals surface area contributed by atoms with Crippen molar-refractivity contribution in [3.63, 3.8) is 0 Å². The summed E-state index contributed by atoms with van der Waals surface area (Å²) >= 11 is 5.66. The highest BCUT2D eigenvalue weighted by Crippen LogP contribution is 2.14. The van der Waals surface area contributed by atoms with E-state index in [1.165, 1.54) is 6.33 Å². The van der Waals surface area contributed by atoms with E-state index < -0.39 is 5.56 Å². The number of halogens is 1. The van der Waals surface area contributed by atoms with Gasteiger partial charge >= 0.3 is 0 Å². The van der Waals surface area contributed by atoms with Crippen molar-refractivity contribution in [2.24, 2.45) is 0 Å². The van der Waals surface area contributed by atoms with Crippen LogP contribution in [-0.4, -0.2) is 29.8 Å². The largest absolute Gasteiger partial charge is 0.474 e. The predicted molar refractivity (Wildman–Crippen MR) is 56.5 cm³/mol. The number of aromatic nitrogens is 2. The quantitative estimate of drug-likeness (QED) is 0.750. The number of aromatic amines is 1. The summed E-state index contributed by atoms with van der Waals surface area (Å²) in [5.74, 6) is 0.139. The lowest BCUT2D eigenvalue weighted by atomic mass is 10.5. The molecular weight excluding hydrogens is 220 g/mol. The Balaban J connectivity index is 2.38. The summed E-state index contributed by atoms with van der Waals surface area (Å²) in [6.45, 7) is 3.50. The standard InChI is InChI=1S/C9H13ClN2O3/c1-2-3-14-4-5-15-9-7(10)8(13)11-6-12-9/h6H,2-5H2,1H3,(H,11,12,13). The Hall–Kier alpha value is -1.07. The van der Waals surface area contributed by atoms with Crippen molar-refractivity contribution in [2.45, 2.75) is 13.3 Å². The molecule has 1 rings (SSSR count). The summed E-state index contributed by atoms with van der Waals surface area (Å²) in [5, 5.41) is -0.0343. The molecule has 0 aliphatic carbocycles. The second kappa shape index (κ2) is 6.42. The predicted octanol–water partition coefficient (Wildman–Crippen LogP) is 1.23. The van der Waals surface area contributed by atoms with E-state index in [0.29, 0.717) is 19.8 Å². The van der Waals surface area contributed by atoms with E-state index in [1.54, 1.807) is 0 Å². The molecule has 0 fully saturated rings. The van der Waals surface area contributed by atoms with E-state index in [1.807, 2.05) is 6.92 Å². The van der Waals surface area contributed by atoms with Gasteiger partial charge in [0.2, 0.25) is 5.88 Å². The van der Waals surface area contributed by atoms with Gasteiger partial charge in [0.15, 0.2) is 5.02 Å². The first-order chi connectivity index (χ1) is 7.25. The molecule has 0 saturated heterocycles. The zero-order valence-electron chi connectivity index (χ0n) is 8.46. The monoisotopic (exact) mass is 232 g/mol. The highest BCUT2D eigenvalue weighted by atomic mass is 35.5. The summed E-state index contributed by atoms with van der Waals surface area (Å²) < 4.78 is 10.4. The van der Waals surface area contributed by atoms with E-state index in [0.717, 1.165) is 6.42 Å². The van der Waals surface area contributed by atoms with Crippen molar-refractivity contribution in [1.82, 2.24) is 9.97 Å². The fourth-order valence-electron chi connectivity index (χ4n) is 0.911. The third-order valence-electron chi connectivity index (χ3n) is 1.58. The fourth-order valence-corrected chi connectivity index (χ4v) is 1.07. The molecule has 0 saturated carbocycles. The van der Waals surface area contributed by atoms with E-state index >= 15 is 0 Å². The van der Waals surface area contributed by atoms with Crippen molar-refractivity contribution in [2.75, 3.05) is 19.8 Å². The molecule has 84 valence electrons. The first kappa shape index (κ1) is 12.0. The highest BCUT2D eigenvalue weighted by molar-refractivity contribution is 6.31. The number of hydrogen-bond acceptors (Lipinski definition) is 4. The molecule has 0 radical (unpaired) electrons. The van der Waals surface area contributed by atoms with Crippen LogP contribution in [0.2, 0.25) is 5.02 Å². The van der Waals surface area contributed by atoms with E-state index in [2.05, 4.69) is 9.97 Å². The van der Waals surface area contributed by atoms with Crippen LogP contribution >= 0.6 is 11.6 Å². The maximum atomic E-state index is 11.0. The minimum absolute atomic E-state index is 0.0343. The third kappa shape index (κ3) is 3.89. The molecule has 15 heavy (non-hydrogen) atoms. The second-order valence-corrected chi connectivity index (χ2v) is 3.19. The Labute approximate surface area is 92.4 Å². The number of rotatable bonds is 6. The first-order valence-electron chi connectivity index (χ1n) is 4.69. The van der Waals surface area contributed by atoms with Gasteiger partial charge in [-0.1, -0.05) is 18.5 Å². The van der Waals surface area contributed by atoms with Gasteiger partial charge in [-0.2, -0.15) is 0 Å². The molecule has 0 spiro atoms. The summed E-state index contributed by atoms with van der Waals surface area (Å²) in [6, 6.07) is 0. The van der Waals surface area contributed by atoms with Crippen LogP contribution in [0.5, 0.6) is 5.88 Å². The fraction of sp³-hybridized carbons (Fsp3) is 0.556. The SMILES string of the molecule is CCCOCCOc1nc[nH]c(=O)c1Cl. The van der Waals surface area contributed by atoms with E-state index in [4.69, 9.17) is 21.1 Å². The summed E-state index contributed by atoms with van der Waals surface area (Å²) in [5.41, 5.74) is -0.406. The van der Waals surface area contributed by atoms with Gasteiger partial charge in [-0.3, -0.25) is 4.79 Å². The highest BCUT2D eigenvalue weighted by Gasteiger charge is 2.05. The molecule has 0 bridgehead atoms. The lowest BCUT2D eigenvalue weighted by molar-refractivity contribution is 0.0989. The molecule has 0 atom stereocenters. The molecule has 1 aromatic rings. The number of H-pyrrole nitrogens is 1. The molecule has 0 aromatic carbocycles. The van der Waals surface area contributed by atoms with Gasteiger partial charge in [-0.25, -0.2) is 4.98 Å². The van der Waals surface area contributed by atoms with Crippen LogP contribution in [0, 0.1) is 0 Å². The molecule has 0 aliphatic rings. The first-order valence-corrected chi connectivity index (χ1v) is 5.07. The maximum Gasteiger partial charge on any atom is 0.273 e. The Morgan fingerprint density at radius 2 is 2.27 bits per heavy atom. The second-order valence-electron chi connectivity index (χ2n) is 2.81. The Morgan fingerprint density at radius 3 is 3.00 bits per heavy atom. The van der Waals surface area contributed by atoms with Crippen LogP contribution in [0.25, 0.3) is 0 Å². The van der Waals surface area contributed by atoms with Crippen LogP contribution in [0.1, 0.15) is 13.3 Å². The van der Waals surface area contributed by atoms with Gasteiger partial charge < -0.3 is 14.5 Å². The van der Waals surface area contributed by atoms with Gasteiger partial charge in [0.1, 0.15) is 6.61 Å². The molecule has 1 N–H and O–H groups in total. The minimum Gasteiger partial charge on any atom is -0.474 e. The van der Waals surface area contributed by atoms with E-state index in [-0.39, 0.29) is 10.9 Å². The van der Waals surface area contributed by atoms with Crippen LogP contribution in [0.15, 0.2) is 11.1 Å². The zero-order chi connectivity index (χ0) is 11.1. The zero-order valence-corrected chi connectivity index (χ0v) is 9.21. The summed E-state index contributed by atoms with van der Waals surface area (Å²) in [4.78, 5) is 17.2. The van der Waals surface area contributed by atoms with Crippen molar-refractivity contribution in [3.05, 3.63) is 21.7 Å². The summed E-state index contributed by atoms with van der Waals surface area (Å²) in [6.07, 6.45) is 2.21. The van der Waals surface area contributed by atoms with Crippen molar-refractivity contribution >= 4 is 11.6 Å². The molecule has 0 amide bonds. The molecule has 0 unspecified atom stereocenters. The Kier molecular flexibility index (Phi) is 5.14. The van der Waals surface area contributed by atoms with Gasteiger partial charge in [0, 0.05) is 6.61 Å². The lowest BCUT2D eigenvalue weighted by Gasteiger charge is -2.05. The molecule has 6 heteroatoms. The number of nitrogens with zero attached hydrogens (tertiary/aromatic N) is 1. The Morgan fingerprint density at radius 1 is 1.47 bits per heavy atom. The average Bonchev–Trinajstić information content (AvgIpc) is 2.24. The molecule has 0 aliphatic heterocycles. The van der Waals surface area contributed by atoms with Crippen molar-refractivity contribution in [1.29, 1.82) is 0 Å². The number of ether oxygens (including phenoxy) is 2. The van der Waals surface area contributed by atoms with Gasteiger partial charge in [-0.15, -0.1) is 0 Å². The van der Waals surface area contributed by atoms with Gasteiger partial charge in [-0.05, 0) is 6.42 Å². The lowest BCUT2D eigenvalue weighted by Crippen LogP contribution is -2.12. The average molecular weight is 233 g/mol. The van der Waals surface area contributed by atoms with E-state index in [9.17, 15) is 4.79 Å².